The molecule has 0 saturated carbocycles. The molecule has 0 radical (unpaired) electrons. The van der Waals surface area contributed by atoms with Crippen molar-refractivity contribution in [3.8, 4) is 0 Å². The zero-order valence-electron chi connectivity index (χ0n) is 13.9. The van der Waals surface area contributed by atoms with E-state index in [9.17, 15) is 4.79 Å². The number of nitrogens with zero attached hydrogens (tertiary/aromatic N) is 3. The lowest BCUT2D eigenvalue weighted by molar-refractivity contribution is 0.0738. The van der Waals surface area contributed by atoms with Crippen LogP contribution in [-0.2, 0) is 20.1 Å². The molecule has 1 amide bonds. The van der Waals surface area contributed by atoms with Gasteiger partial charge in [0.15, 0.2) is 0 Å². The minimum absolute atomic E-state index is 0.0856. The van der Waals surface area contributed by atoms with E-state index in [1.165, 1.54) is 21.1 Å². The van der Waals surface area contributed by atoms with Crippen molar-refractivity contribution < 1.29 is 4.79 Å². The van der Waals surface area contributed by atoms with Gasteiger partial charge in [0.2, 0.25) is 0 Å². The molecule has 0 bridgehead atoms. The Morgan fingerprint density at radius 2 is 1.80 bits per heavy atom. The van der Waals surface area contributed by atoms with Crippen molar-refractivity contribution in [3.63, 3.8) is 0 Å². The number of amides is 1. The van der Waals surface area contributed by atoms with Crippen LogP contribution in [0.4, 0.5) is 0 Å². The number of fused-ring (bicyclic) bond motifs is 1. The maximum atomic E-state index is 13.2. The van der Waals surface area contributed by atoms with E-state index in [0.717, 1.165) is 20.8 Å². The van der Waals surface area contributed by atoms with E-state index in [1.54, 1.807) is 22.7 Å². The van der Waals surface area contributed by atoms with Gasteiger partial charge in [-0.1, -0.05) is 12.1 Å². The molecule has 0 saturated heterocycles. The molecule has 0 aromatic carbocycles. The summed E-state index contributed by atoms with van der Waals surface area (Å²) in [6, 6.07) is 10.2. The standard InChI is InChI=1S/C18H17N3OS3/c1-12-15-9-16(25-18(15)20(2)19-12)17(22)21(10-13-5-3-7-23-13)11-14-6-4-8-24-14/h3-9H,10-11H2,1-2H3. The molecule has 4 nitrogen and oxygen atoms in total. The summed E-state index contributed by atoms with van der Waals surface area (Å²) in [4.78, 5) is 19.4. The highest BCUT2D eigenvalue weighted by Crippen LogP contribution is 2.29. The summed E-state index contributed by atoms with van der Waals surface area (Å²) in [7, 11) is 1.93. The summed E-state index contributed by atoms with van der Waals surface area (Å²) >= 11 is 4.90. The Labute approximate surface area is 158 Å². The van der Waals surface area contributed by atoms with E-state index in [-0.39, 0.29) is 5.91 Å². The molecule has 4 heterocycles. The highest BCUT2D eigenvalue weighted by Gasteiger charge is 2.21. The topological polar surface area (TPSA) is 38.1 Å². The Kier molecular flexibility index (Phi) is 4.45. The monoisotopic (exact) mass is 387 g/mol. The highest BCUT2D eigenvalue weighted by atomic mass is 32.1. The predicted octanol–water partition coefficient (Wildman–Crippen LogP) is 4.91. The Morgan fingerprint density at radius 3 is 2.32 bits per heavy atom. The van der Waals surface area contributed by atoms with Gasteiger partial charge in [0.05, 0.1) is 23.7 Å². The first-order chi connectivity index (χ1) is 12.1. The SMILES string of the molecule is Cc1nn(C)c2sc(C(=O)N(Cc3cccs3)Cc3cccs3)cc12. The second-order valence-electron chi connectivity index (χ2n) is 5.86. The van der Waals surface area contributed by atoms with Gasteiger partial charge in [0.25, 0.3) is 5.91 Å². The second-order valence-corrected chi connectivity index (χ2v) is 8.95. The molecule has 0 aliphatic rings. The first-order valence-corrected chi connectivity index (χ1v) is 10.5. The summed E-state index contributed by atoms with van der Waals surface area (Å²) in [5.41, 5.74) is 0.968. The van der Waals surface area contributed by atoms with E-state index >= 15 is 0 Å². The van der Waals surface area contributed by atoms with Crippen molar-refractivity contribution in [1.82, 2.24) is 14.7 Å². The zero-order chi connectivity index (χ0) is 17.4. The summed E-state index contributed by atoms with van der Waals surface area (Å²) in [5, 5.41) is 9.60. The van der Waals surface area contributed by atoms with Crippen LogP contribution in [0, 0.1) is 6.92 Å². The fraction of sp³-hybridized carbons (Fsp3) is 0.222. The van der Waals surface area contributed by atoms with Gasteiger partial charge in [-0.15, -0.1) is 34.0 Å². The van der Waals surface area contributed by atoms with Crippen LogP contribution in [0.25, 0.3) is 10.2 Å². The minimum Gasteiger partial charge on any atom is -0.328 e. The summed E-state index contributed by atoms with van der Waals surface area (Å²) in [6.45, 7) is 3.26. The van der Waals surface area contributed by atoms with E-state index in [1.807, 2.05) is 41.8 Å². The smallest absolute Gasteiger partial charge is 0.264 e. The molecule has 4 aromatic rings. The molecule has 0 atom stereocenters. The number of aryl methyl sites for hydroxylation is 2. The molecule has 4 aromatic heterocycles. The van der Waals surface area contributed by atoms with Crippen LogP contribution >= 0.6 is 34.0 Å². The van der Waals surface area contributed by atoms with E-state index in [4.69, 9.17) is 0 Å². The van der Waals surface area contributed by atoms with Crippen LogP contribution in [0.5, 0.6) is 0 Å². The molecule has 4 rings (SSSR count). The maximum Gasteiger partial charge on any atom is 0.264 e. The van der Waals surface area contributed by atoms with Crippen LogP contribution < -0.4 is 0 Å². The number of carbonyl (C=O) groups excluding carboxylic acids is 1. The molecule has 0 aliphatic carbocycles. The third-order valence-electron chi connectivity index (χ3n) is 4.05. The third kappa shape index (κ3) is 3.27. The van der Waals surface area contributed by atoms with Gasteiger partial charge >= 0.3 is 0 Å². The second kappa shape index (κ2) is 6.74. The Bertz CT molecular complexity index is 926. The van der Waals surface area contributed by atoms with Crippen molar-refractivity contribution in [3.05, 3.63) is 61.4 Å². The maximum absolute atomic E-state index is 13.2. The average Bonchev–Trinajstić information content (AvgIpc) is 3.35. The van der Waals surface area contributed by atoms with E-state index < -0.39 is 0 Å². The fourth-order valence-electron chi connectivity index (χ4n) is 2.85. The number of hydrogen-bond donors (Lipinski definition) is 0. The van der Waals surface area contributed by atoms with Crippen LogP contribution in [0.15, 0.2) is 41.1 Å². The third-order valence-corrected chi connectivity index (χ3v) is 6.96. The lowest BCUT2D eigenvalue weighted by Crippen LogP contribution is -2.28. The molecule has 25 heavy (non-hydrogen) atoms. The Hall–Kier alpha value is -1.96. The molecule has 128 valence electrons. The largest absolute Gasteiger partial charge is 0.328 e. The first kappa shape index (κ1) is 16.5. The number of aromatic nitrogens is 2. The molecule has 0 N–H and O–H groups in total. The predicted molar refractivity (Wildman–Crippen MR) is 106 cm³/mol. The van der Waals surface area contributed by atoms with Gasteiger partial charge in [-0.2, -0.15) is 5.10 Å². The van der Waals surface area contributed by atoms with Gasteiger partial charge in [-0.25, -0.2) is 0 Å². The molecule has 7 heteroatoms. The summed E-state index contributed by atoms with van der Waals surface area (Å²) < 4.78 is 1.86. The van der Waals surface area contributed by atoms with Crippen molar-refractivity contribution in [2.75, 3.05) is 0 Å². The minimum atomic E-state index is 0.0856. The number of rotatable bonds is 5. The van der Waals surface area contributed by atoms with Crippen LogP contribution in [0.2, 0.25) is 0 Å². The van der Waals surface area contributed by atoms with E-state index in [0.29, 0.717) is 13.1 Å². The molecular formula is C18H17N3OS3. The molecule has 0 aliphatic heterocycles. The van der Waals surface area contributed by atoms with Crippen LogP contribution in [0.3, 0.4) is 0 Å². The molecule has 0 unspecified atom stereocenters. The lowest BCUT2D eigenvalue weighted by atomic mass is 10.3. The van der Waals surface area contributed by atoms with Crippen molar-refractivity contribution in [2.24, 2.45) is 7.05 Å². The summed E-state index contributed by atoms with van der Waals surface area (Å²) in [6.07, 6.45) is 0. The zero-order valence-corrected chi connectivity index (χ0v) is 16.4. The van der Waals surface area contributed by atoms with Gasteiger partial charge < -0.3 is 4.90 Å². The normalized spacial score (nSPS) is 11.3. The average molecular weight is 388 g/mol. The van der Waals surface area contributed by atoms with Crippen molar-refractivity contribution >= 4 is 50.1 Å². The first-order valence-electron chi connectivity index (χ1n) is 7.89. The fourth-order valence-corrected chi connectivity index (χ4v) is 5.38. The van der Waals surface area contributed by atoms with Crippen molar-refractivity contribution in [2.45, 2.75) is 20.0 Å². The number of hydrogen-bond acceptors (Lipinski definition) is 5. The lowest BCUT2D eigenvalue weighted by Gasteiger charge is -2.20. The molecule has 0 fully saturated rings. The number of carbonyl (C=O) groups is 1. The Morgan fingerprint density at radius 1 is 1.16 bits per heavy atom. The summed E-state index contributed by atoms with van der Waals surface area (Å²) in [5.74, 6) is 0.0856. The number of thiophene rings is 3. The molecule has 0 spiro atoms. The Balaban J connectivity index is 1.66. The van der Waals surface area contributed by atoms with Gasteiger partial charge in [0.1, 0.15) is 4.83 Å². The van der Waals surface area contributed by atoms with Gasteiger partial charge in [-0.05, 0) is 35.9 Å². The quantitative estimate of drug-likeness (QED) is 0.488. The van der Waals surface area contributed by atoms with Gasteiger partial charge in [-0.3, -0.25) is 9.48 Å². The van der Waals surface area contributed by atoms with Gasteiger partial charge in [0, 0.05) is 22.2 Å². The molecular weight excluding hydrogens is 370 g/mol. The van der Waals surface area contributed by atoms with Crippen molar-refractivity contribution in [1.29, 1.82) is 0 Å². The van der Waals surface area contributed by atoms with Crippen LogP contribution in [-0.4, -0.2) is 20.6 Å². The van der Waals surface area contributed by atoms with E-state index in [2.05, 4.69) is 28.0 Å². The van der Waals surface area contributed by atoms with Crippen LogP contribution in [0.1, 0.15) is 25.1 Å². The highest BCUT2D eigenvalue weighted by molar-refractivity contribution is 7.20.